The minimum absolute atomic E-state index is 0.195. The average Bonchev–Trinajstić information content (AvgIpc) is 3.12. The second-order valence-corrected chi connectivity index (χ2v) is 8.08. The molecule has 160 valence electrons. The Morgan fingerprint density at radius 1 is 0.969 bits per heavy atom. The number of nitrogens with one attached hydrogen (secondary N) is 2. The van der Waals surface area contributed by atoms with Crippen LogP contribution in [0, 0.1) is 0 Å². The number of nitrogens with zero attached hydrogens (tertiary/aromatic N) is 1. The number of rotatable bonds is 5. The zero-order chi connectivity index (χ0) is 22.5. The summed E-state index contributed by atoms with van der Waals surface area (Å²) in [6, 6.07) is 24.6. The molecule has 0 saturated carbocycles. The van der Waals surface area contributed by atoms with Gasteiger partial charge in [0.25, 0.3) is 11.1 Å². The number of benzene rings is 3. The lowest BCUT2D eigenvalue weighted by molar-refractivity contribution is -0.115. The molecule has 1 aliphatic rings. The number of amides is 4. The quantitative estimate of drug-likeness (QED) is 0.493. The monoisotopic (exact) mass is 443 g/mol. The van der Waals surface area contributed by atoms with Crippen LogP contribution in [0.15, 0.2) is 83.8 Å². The van der Waals surface area contributed by atoms with Crippen LogP contribution in [0.25, 0.3) is 17.2 Å². The van der Waals surface area contributed by atoms with Gasteiger partial charge in [0.05, 0.1) is 4.91 Å². The van der Waals surface area contributed by atoms with Gasteiger partial charge in [-0.2, -0.15) is 0 Å². The molecule has 0 atom stereocenters. The summed E-state index contributed by atoms with van der Waals surface area (Å²) >= 11 is 0.898. The molecule has 2 N–H and O–H groups in total. The van der Waals surface area contributed by atoms with E-state index in [4.69, 9.17) is 0 Å². The van der Waals surface area contributed by atoms with Gasteiger partial charge in [0.15, 0.2) is 0 Å². The van der Waals surface area contributed by atoms with E-state index in [1.54, 1.807) is 11.0 Å². The van der Waals surface area contributed by atoms with Crippen LogP contribution >= 0.6 is 11.8 Å². The molecule has 6 nitrogen and oxygen atoms in total. The Balaban J connectivity index is 1.53. The molecule has 0 radical (unpaired) electrons. The molecule has 1 heterocycles. The summed E-state index contributed by atoms with van der Waals surface area (Å²) in [5, 5.41) is 4.82. The van der Waals surface area contributed by atoms with Gasteiger partial charge in [0.1, 0.15) is 0 Å². The zero-order valence-corrected chi connectivity index (χ0v) is 18.2. The SMILES string of the molecule is CCN(C(=O)Nc1ccccc1)c1cccc(-c2ccc(/C=C3/SC(=O)NC3=O)cc2)c1. The van der Waals surface area contributed by atoms with Crippen molar-refractivity contribution in [1.82, 2.24) is 5.32 Å². The van der Waals surface area contributed by atoms with Gasteiger partial charge in [-0.15, -0.1) is 0 Å². The summed E-state index contributed by atoms with van der Waals surface area (Å²) in [7, 11) is 0. The van der Waals surface area contributed by atoms with E-state index in [0.29, 0.717) is 11.4 Å². The summed E-state index contributed by atoms with van der Waals surface area (Å²) in [5.74, 6) is -0.370. The Hall–Kier alpha value is -3.84. The van der Waals surface area contributed by atoms with Crippen LogP contribution < -0.4 is 15.5 Å². The Morgan fingerprint density at radius 2 is 1.72 bits per heavy atom. The Kier molecular flexibility index (Phi) is 6.37. The van der Waals surface area contributed by atoms with Crippen molar-refractivity contribution in [2.24, 2.45) is 0 Å². The number of carbonyl (C=O) groups is 3. The van der Waals surface area contributed by atoms with E-state index in [1.807, 2.05) is 85.8 Å². The summed E-state index contributed by atoms with van der Waals surface area (Å²) in [6.45, 7) is 2.45. The largest absolute Gasteiger partial charge is 0.326 e. The van der Waals surface area contributed by atoms with Crippen LogP contribution in [0.2, 0.25) is 0 Å². The van der Waals surface area contributed by atoms with Gasteiger partial charge in [0.2, 0.25) is 0 Å². The smallest absolute Gasteiger partial charge is 0.308 e. The average molecular weight is 444 g/mol. The number of para-hydroxylation sites is 1. The zero-order valence-electron chi connectivity index (χ0n) is 17.4. The third kappa shape index (κ3) is 4.90. The summed E-state index contributed by atoms with van der Waals surface area (Å²) in [5.41, 5.74) is 4.31. The fourth-order valence-corrected chi connectivity index (χ4v) is 4.04. The maximum absolute atomic E-state index is 12.8. The molecular formula is C25H21N3O3S. The molecule has 3 aromatic rings. The lowest BCUT2D eigenvalue weighted by Gasteiger charge is -2.22. The van der Waals surface area contributed by atoms with E-state index in [9.17, 15) is 14.4 Å². The van der Waals surface area contributed by atoms with Crippen LogP contribution in [0.4, 0.5) is 21.0 Å². The van der Waals surface area contributed by atoms with Gasteiger partial charge in [-0.1, -0.05) is 54.6 Å². The van der Waals surface area contributed by atoms with Gasteiger partial charge < -0.3 is 5.32 Å². The number of hydrogen-bond acceptors (Lipinski definition) is 4. The summed E-state index contributed by atoms with van der Waals surface area (Å²) < 4.78 is 0. The van der Waals surface area contributed by atoms with Gasteiger partial charge in [-0.25, -0.2) is 4.79 Å². The van der Waals surface area contributed by atoms with E-state index in [-0.39, 0.29) is 17.2 Å². The van der Waals surface area contributed by atoms with Gasteiger partial charge in [-0.05, 0) is 65.7 Å². The standard InChI is InChI=1S/C25H21N3O3S/c1-2-28(24(30)26-20-8-4-3-5-9-20)21-10-6-7-19(16-21)18-13-11-17(12-14-18)15-22-23(29)27-25(31)32-22/h3-16H,2H2,1H3,(H,26,30)(H,27,29,31)/b22-15+. The number of thioether (sulfide) groups is 1. The van der Waals surface area contributed by atoms with Gasteiger partial charge >= 0.3 is 6.03 Å². The lowest BCUT2D eigenvalue weighted by atomic mass is 10.0. The predicted octanol–water partition coefficient (Wildman–Crippen LogP) is 5.74. The minimum Gasteiger partial charge on any atom is -0.308 e. The van der Waals surface area contributed by atoms with Crippen molar-refractivity contribution in [3.63, 3.8) is 0 Å². The molecule has 4 rings (SSSR count). The maximum atomic E-state index is 12.8. The van der Waals surface area contributed by atoms with Crippen molar-refractivity contribution in [3.8, 4) is 11.1 Å². The highest BCUT2D eigenvalue weighted by Gasteiger charge is 2.24. The number of urea groups is 1. The predicted molar refractivity (Wildman–Crippen MR) is 129 cm³/mol. The second-order valence-electron chi connectivity index (χ2n) is 7.07. The van der Waals surface area contributed by atoms with Gasteiger partial charge in [-0.3, -0.25) is 19.8 Å². The molecule has 0 aromatic heterocycles. The molecular weight excluding hydrogens is 422 g/mol. The maximum Gasteiger partial charge on any atom is 0.326 e. The van der Waals surface area contributed by atoms with Crippen molar-refractivity contribution in [2.75, 3.05) is 16.8 Å². The van der Waals surface area contributed by atoms with Crippen LogP contribution in [0.5, 0.6) is 0 Å². The van der Waals surface area contributed by atoms with Crippen molar-refractivity contribution in [1.29, 1.82) is 0 Å². The van der Waals surface area contributed by atoms with Crippen molar-refractivity contribution >= 4 is 46.4 Å². The Morgan fingerprint density at radius 3 is 2.38 bits per heavy atom. The van der Waals surface area contributed by atoms with Crippen molar-refractivity contribution in [2.45, 2.75) is 6.92 Å². The summed E-state index contributed by atoms with van der Waals surface area (Å²) in [4.78, 5) is 37.9. The molecule has 32 heavy (non-hydrogen) atoms. The molecule has 0 spiro atoms. The Labute approximate surface area is 190 Å². The third-order valence-electron chi connectivity index (χ3n) is 4.93. The third-order valence-corrected chi connectivity index (χ3v) is 5.74. The van der Waals surface area contributed by atoms with Gasteiger partial charge in [0, 0.05) is 17.9 Å². The first-order chi connectivity index (χ1) is 15.5. The molecule has 0 unspecified atom stereocenters. The molecule has 0 bridgehead atoms. The number of imide groups is 1. The first-order valence-electron chi connectivity index (χ1n) is 10.1. The normalized spacial score (nSPS) is 14.3. The van der Waals surface area contributed by atoms with Crippen molar-refractivity contribution < 1.29 is 14.4 Å². The topological polar surface area (TPSA) is 78.5 Å². The molecule has 3 aromatic carbocycles. The molecule has 1 aliphatic heterocycles. The first kappa shape index (κ1) is 21.4. The van der Waals surface area contributed by atoms with Crippen LogP contribution in [-0.2, 0) is 4.79 Å². The van der Waals surface area contributed by atoms with Crippen LogP contribution in [0.1, 0.15) is 12.5 Å². The summed E-state index contributed by atoms with van der Waals surface area (Å²) in [6.07, 6.45) is 1.69. The van der Waals surface area contributed by atoms with E-state index in [1.165, 1.54) is 0 Å². The highest BCUT2D eigenvalue weighted by molar-refractivity contribution is 8.18. The fourth-order valence-electron chi connectivity index (χ4n) is 3.35. The van der Waals surface area contributed by atoms with Crippen molar-refractivity contribution in [3.05, 3.63) is 89.3 Å². The first-order valence-corrected chi connectivity index (χ1v) is 10.9. The molecule has 1 fully saturated rings. The molecule has 0 aliphatic carbocycles. The van der Waals surface area contributed by atoms with E-state index < -0.39 is 0 Å². The fraction of sp³-hybridized carbons (Fsp3) is 0.0800. The highest BCUT2D eigenvalue weighted by atomic mass is 32.2. The van der Waals surface area contributed by atoms with E-state index in [0.717, 1.165) is 39.8 Å². The highest BCUT2D eigenvalue weighted by Crippen LogP contribution is 2.28. The number of carbonyl (C=O) groups excluding carboxylic acids is 3. The molecule has 7 heteroatoms. The molecule has 4 amide bonds. The molecule has 1 saturated heterocycles. The minimum atomic E-state index is -0.370. The van der Waals surface area contributed by atoms with E-state index >= 15 is 0 Å². The number of hydrogen-bond donors (Lipinski definition) is 2. The van der Waals surface area contributed by atoms with Crippen LogP contribution in [-0.4, -0.2) is 23.7 Å². The van der Waals surface area contributed by atoms with E-state index in [2.05, 4.69) is 10.6 Å². The van der Waals surface area contributed by atoms with Crippen LogP contribution in [0.3, 0.4) is 0 Å². The Bertz CT molecular complexity index is 1190. The second kappa shape index (κ2) is 9.53. The lowest BCUT2D eigenvalue weighted by Crippen LogP contribution is -2.34. The number of anilines is 2.